The number of halogens is 1. The number of nitrogens with zero attached hydrogens (tertiary/aromatic N) is 2. The second-order valence-electron chi connectivity index (χ2n) is 5.65. The van der Waals surface area contributed by atoms with Gasteiger partial charge in [0.2, 0.25) is 0 Å². The van der Waals surface area contributed by atoms with Gasteiger partial charge in [-0.3, -0.25) is 4.68 Å². The first kappa shape index (κ1) is 14.8. The molecule has 5 heteroatoms. The monoisotopic (exact) mass is 286 g/mol. The van der Waals surface area contributed by atoms with Crippen molar-refractivity contribution in [2.45, 2.75) is 64.2 Å². The van der Waals surface area contributed by atoms with Crippen LogP contribution in [0.25, 0.3) is 0 Å². The summed E-state index contributed by atoms with van der Waals surface area (Å²) >= 11 is 6.25. The highest BCUT2D eigenvalue weighted by Gasteiger charge is 2.40. The summed E-state index contributed by atoms with van der Waals surface area (Å²) in [6.45, 7) is 6.78. The molecule has 0 aliphatic carbocycles. The van der Waals surface area contributed by atoms with Crippen LogP contribution in [0.3, 0.4) is 0 Å². The average molecular weight is 287 g/mol. The summed E-state index contributed by atoms with van der Waals surface area (Å²) in [5.41, 5.74) is -0.177. The Morgan fingerprint density at radius 2 is 2.37 bits per heavy atom. The van der Waals surface area contributed by atoms with Gasteiger partial charge in [-0.1, -0.05) is 24.9 Å². The maximum absolute atomic E-state index is 11.0. The van der Waals surface area contributed by atoms with Crippen molar-refractivity contribution in [3.63, 3.8) is 0 Å². The third-order valence-corrected chi connectivity index (χ3v) is 4.00. The number of aliphatic hydroxyl groups is 1. The third-order valence-electron chi connectivity index (χ3n) is 3.73. The Morgan fingerprint density at radius 3 is 3.00 bits per heavy atom. The molecule has 2 rings (SSSR count). The Balaban J connectivity index is 2.30. The van der Waals surface area contributed by atoms with E-state index < -0.39 is 5.60 Å². The second-order valence-corrected chi connectivity index (χ2v) is 6.05. The molecule has 2 atom stereocenters. The van der Waals surface area contributed by atoms with Crippen LogP contribution in [0.4, 0.5) is 0 Å². The molecule has 19 heavy (non-hydrogen) atoms. The molecule has 0 amide bonds. The second kappa shape index (κ2) is 5.81. The summed E-state index contributed by atoms with van der Waals surface area (Å²) < 4.78 is 7.55. The quantitative estimate of drug-likeness (QED) is 0.924. The van der Waals surface area contributed by atoms with Crippen LogP contribution in [-0.4, -0.2) is 27.6 Å². The molecular weight excluding hydrogens is 264 g/mol. The van der Waals surface area contributed by atoms with E-state index >= 15 is 0 Å². The molecule has 1 N–H and O–H groups in total. The first-order chi connectivity index (χ1) is 8.98. The van der Waals surface area contributed by atoms with Crippen LogP contribution < -0.4 is 0 Å². The highest BCUT2D eigenvalue weighted by atomic mass is 35.5. The normalized spacial score (nSPS) is 28.0. The van der Waals surface area contributed by atoms with E-state index in [-0.39, 0.29) is 12.1 Å². The molecule has 2 unspecified atom stereocenters. The number of rotatable bonds is 4. The predicted molar refractivity (Wildman–Crippen MR) is 75.4 cm³/mol. The van der Waals surface area contributed by atoms with Gasteiger partial charge >= 0.3 is 0 Å². The Labute approximate surface area is 119 Å². The minimum Gasteiger partial charge on any atom is -0.383 e. The summed E-state index contributed by atoms with van der Waals surface area (Å²) in [7, 11) is 0. The van der Waals surface area contributed by atoms with E-state index in [1.165, 1.54) is 0 Å². The predicted octanol–water partition coefficient (Wildman–Crippen LogP) is 3.28. The minimum atomic E-state index is -0.921. The summed E-state index contributed by atoms with van der Waals surface area (Å²) in [5.74, 6) is 0. The van der Waals surface area contributed by atoms with E-state index in [9.17, 15) is 5.11 Å². The molecule has 0 radical (unpaired) electrons. The van der Waals surface area contributed by atoms with Gasteiger partial charge in [0.05, 0.1) is 29.6 Å². The van der Waals surface area contributed by atoms with E-state index in [0.29, 0.717) is 24.5 Å². The lowest BCUT2D eigenvalue weighted by Gasteiger charge is -2.37. The Kier molecular flexibility index (Phi) is 4.54. The van der Waals surface area contributed by atoms with E-state index in [1.807, 2.05) is 18.5 Å². The van der Waals surface area contributed by atoms with Crippen molar-refractivity contribution in [1.82, 2.24) is 9.78 Å². The van der Waals surface area contributed by atoms with Crippen LogP contribution in [-0.2, 0) is 10.3 Å². The molecule has 0 bridgehead atoms. The van der Waals surface area contributed by atoms with Crippen molar-refractivity contribution in [3.05, 3.63) is 16.9 Å². The molecule has 0 aromatic carbocycles. The molecule has 108 valence electrons. The van der Waals surface area contributed by atoms with Crippen LogP contribution in [0.5, 0.6) is 0 Å². The van der Waals surface area contributed by atoms with Crippen LogP contribution in [0.15, 0.2) is 6.20 Å². The molecule has 1 aliphatic heterocycles. The number of aromatic nitrogens is 2. The van der Waals surface area contributed by atoms with Crippen LogP contribution >= 0.6 is 11.6 Å². The maximum Gasteiger partial charge on any atom is 0.112 e. The number of ether oxygens (including phenoxy) is 1. The summed E-state index contributed by atoms with van der Waals surface area (Å²) in [4.78, 5) is 0. The number of hydrogen-bond donors (Lipinski definition) is 1. The lowest BCUT2D eigenvalue weighted by atomic mass is 9.85. The molecule has 2 heterocycles. The van der Waals surface area contributed by atoms with E-state index in [4.69, 9.17) is 16.3 Å². The van der Waals surface area contributed by atoms with Crippen molar-refractivity contribution >= 4 is 11.6 Å². The molecule has 1 fully saturated rings. The zero-order chi connectivity index (χ0) is 14.0. The Hall–Kier alpha value is -0.580. The first-order valence-electron chi connectivity index (χ1n) is 7.05. The molecule has 0 spiro atoms. The van der Waals surface area contributed by atoms with Gasteiger partial charge in [0.15, 0.2) is 0 Å². The van der Waals surface area contributed by atoms with Gasteiger partial charge in [0.1, 0.15) is 5.60 Å². The molecule has 4 nitrogen and oxygen atoms in total. The lowest BCUT2D eigenvalue weighted by Crippen LogP contribution is -2.40. The third kappa shape index (κ3) is 2.96. The molecule has 1 aliphatic rings. The summed E-state index contributed by atoms with van der Waals surface area (Å²) in [5, 5.41) is 15.9. The minimum absolute atomic E-state index is 0.107. The highest BCUT2D eigenvalue weighted by Crippen LogP contribution is 2.40. The standard InChI is InChI=1S/C14H23ClN2O2/c1-4-5-11-8-14(18,6-7-19-11)13-12(15)9-16-17(13)10(2)3/h9-11,18H,4-8H2,1-3H3. The molecule has 1 saturated heterocycles. The SMILES string of the molecule is CCCC1CC(O)(c2c(Cl)cnn2C(C)C)CCO1. The molecular formula is C14H23ClN2O2. The van der Waals surface area contributed by atoms with Gasteiger partial charge in [-0.15, -0.1) is 0 Å². The van der Waals surface area contributed by atoms with Crippen molar-refractivity contribution in [2.24, 2.45) is 0 Å². The molecule has 1 aromatic rings. The van der Waals surface area contributed by atoms with Gasteiger partial charge in [-0.2, -0.15) is 5.10 Å². The van der Waals surface area contributed by atoms with E-state index in [2.05, 4.69) is 12.0 Å². The largest absolute Gasteiger partial charge is 0.383 e. The van der Waals surface area contributed by atoms with Crippen molar-refractivity contribution < 1.29 is 9.84 Å². The van der Waals surface area contributed by atoms with Crippen molar-refractivity contribution in [1.29, 1.82) is 0 Å². The van der Waals surface area contributed by atoms with Gasteiger partial charge in [-0.05, 0) is 20.3 Å². The molecule has 0 saturated carbocycles. The Morgan fingerprint density at radius 1 is 1.63 bits per heavy atom. The van der Waals surface area contributed by atoms with Gasteiger partial charge in [0.25, 0.3) is 0 Å². The van der Waals surface area contributed by atoms with Crippen molar-refractivity contribution in [3.8, 4) is 0 Å². The highest BCUT2D eigenvalue weighted by molar-refractivity contribution is 6.31. The maximum atomic E-state index is 11.0. The van der Waals surface area contributed by atoms with Gasteiger partial charge in [0, 0.05) is 18.9 Å². The first-order valence-corrected chi connectivity index (χ1v) is 7.43. The fraction of sp³-hybridized carbons (Fsp3) is 0.786. The summed E-state index contributed by atoms with van der Waals surface area (Å²) in [6, 6.07) is 0.180. The molecule has 1 aromatic heterocycles. The van der Waals surface area contributed by atoms with E-state index in [1.54, 1.807) is 6.20 Å². The van der Waals surface area contributed by atoms with E-state index in [0.717, 1.165) is 18.5 Å². The topological polar surface area (TPSA) is 47.3 Å². The zero-order valence-corrected chi connectivity index (χ0v) is 12.7. The van der Waals surface area contributed by atoms with Crippen LogP contribution in [0.2, 0.25) is 5.02 Å². The zero-order valence-electron chi connectivity index (χ0n) is 11.9. The van der Waals surface area contributed by atoms with Crippen LogP contribution in [0.1, 0.15) is 58.2 Å². The fourth-order valence-electron chi connectivity index (χ4n) is 2.82. The smallest absolute Gasteiger partial charge is 0.112 e. The number of hydrogen-bond acceptors (Lipinski definition) is 3. The lowest BCUT2D eigenvalue weighted by molar-refractivity contribution is -0.114. The fourth-order valence-corrected chi connectivity index (χ4v) is 3.13. The van der Waals surface area contributed by atoms with Gasteiger partial charge < -0.3 is 9.84 Å². The van der Waals surface area contributed by atoms with Crippen LogP contribution in [0, 0.1) is 0 Å². The Bertz CT molecular complexity index is 431. The van der Waals surface area contributed by atoms with Gasteiger partial charge in [-0.25, -0.2) is 0 Å². The average Bonchev–Trinajstić information content (AvgIpc) is 2.72. The summed E-state index contributed by atoms with van der Waals surface area (Å²) in [6.07, 6.45) is 4.92. The van der Waals surface area contributed by atoms with Crippen molar-refractivity contribution in [2.75, 3.05) is 6.61 Å².